The molecule has 2 aromatic rings. The Morgan fingerprint density at radius 2 is 2.00 bits per heavy atom. The largest absolute Gasteiger partial charge is 0.399 e. The van der Waals surface area contributed by atoms with E-state index >= 15 is 0 Å². The van der Waals surface area contributed by atoms with Crippen molar-refractivity contribution in [3.8, 4) is 0 Å². The highest BCUT2D eigenvalue weighted by molar-refractivity contribution is 7.89. The Kier molecular flexibility index (Phi) is 3.04. The number of nitrogens with two attached hydrogens (primary N) is 1. The highest BCUT2D eigenvalue weighted by atomic mass is 32.2. The van der Waals surface area contributed by atoms with Crippen LogP contribution in [0.4, 0.5) is 5.69 Å². The lowest BCUT2D eigenvalue weighted by Crippen LogP contribution is -2.23. The molecular formula is C12H14N2O2S. The topological polar surface area (TPSA) is 72.2 Å². The molecular weight excluding hydrogens is 236 g/mol. The maximum Gasteiger partial charge on any atom is 0.241 e. The van der Waals surface area contributed by atoms with E-state index < -0.39 is 10.0 Å². The van der Waals surface area contributed by atoms with Crippen molar-refractivity contribution in [1.82, 2.24) is 4.72 Å². The smallest absolute Gasteiger partial charge is 0.241 e. The second kappa shape index (κ2) is 4.35. The van der Waals surface area contributed by atoms with E-state index in [9.17, 15) is 8.42 Å². The molecule has 4 nitrogen and oxygen atoms in total. The Labute approximate surface area is 100 Å². The van der Waals surface area contributed by atoms with Crippen LogP contribution in [0, 0.1) is 0 Å². The lowest BCUT2D eigenvalue weighted by molar-refractivity contribution is 0.585. The van der Waals surface area contributed by atoms with Crippen LogP contribution >= 0.6 is 0 Å². The van der Waals surface area contributed by atoms with Crippen molar-refractivity contribution in [1.29, 1.82) is 0 Å². The zero-order valence-electron chi connectivity index (χ0n) is 9.47. The number of nitrogens with one attached hydrogen (secondary N) is 1. The van der Waals surface area contributed by atoms with Gasteiger partial charge in [-0.3, -0.25) is 0 Å². The van der Waals surface area contributed by atoms with Gasteiger partial charge in [0.1, 0.15) is 0 Å². The van der Waals surface area contributed by atoms with Crippen molar-refractivity contribution in [3.63, 3.8) is 0 Å². The number of sulfonamides is 1. The molecule has 0 aromatic heterocycles. The van der Waals surface area contributed by atoms with Crippen LogP contribution in [-0.4, -0.2) is 15.0 Å². The SMILES string of the molecule is CCNS(=O)(=O)c1cccc2cc(N)ccc12. The summed E-state index contributed by atoms with van der Waals surface area (Å²) >= 11 is 0. The van der Waals surface area contributed by atoms with Crippen LogP contribution in [0.5, 0.6) is 0 Å². The molecule has 17 heavy (non-hydrogen) atoms. The highest BCUT2D eigenvalue weighted by Crippen LogP contribution is 2.24. The average molecular weight is 250 g/mol. The van der Waals surface area contributed by atoms with Crippen molar-refractivity contribution in [2.75, 3.05) is 12.3 Å². The predicted octanol–water partition coefficient (Wildman–Crippen LogP) is 1.72. The molecule has 0 radical (unpaired) electrons. The van der Waals surface area contributed by atoms with Gasteiger partial charge >= 0.3 is 0 Å². The van der Waals surface area contributed by atoms with Gasteiger partial charge in [0, 0.05) is 17.6 Å². The summed E-state index contributed by atoms with van der Waals surface area (Å²) in [6.07, 6.45) is 0. The summed E-state index contributed by atoms with van der Waals surface area (Å²) in [5.74, 6) is 0. The molecule has 0 spiro atoms. The number of hydrogen-bond acceptors (Lipinski definition) is 3. The molecule has 0 heterocycles. The Morgan fingerprint density at radius 3 is 2.71 bits per heavy atom. The lowest BCUT2D eigenvalue weighted by atomic mass is 10.1. The average Bonchev–Trinajstić information content (AvgIpc) is 2.27. The van der Waals surface area contributed by atoms with E-state index in [4.69, 9.17) is 5.73 Å². The maximum absolute atomic E-state index is 12.0. The van der Waals surface area contributed by atoms with Gasteiger partial charge in [-0.05, 0) is 23.6 Å². The van der Waals surface area contributed by atoms with E-state index in [1.165, 1.54) is 0 Å². The molecule has 0 aliphatic carbocycles. The van der Waals surface area contributed by atoms with E-state index in [1.807, 2.05) is 6.07 Å². The molecule has 5 heteroatoms. The number of nitrogen functional groups attached to an aromatic ring is 1. The molecule has 2 rings (SSSR count). The first-order valence-electron chi connectivity index (χ1n) is 5.32. The summed E-state index contributed by atoms with van der Waals surface area (Å²) in [6, 6.07) is 10.3. The summed E-state index contributed by atoms with van der Waals surface area (Å²) in [6.45, 7) is 2.12. The molecule has 3 N–H and O–H groups in total. The van der Waals surface area contributed by atoms with E-state index in [1.54, 1.807) is 37.3 Å². The van der Waals surface area contributed by atoms with Crippen LogP contribution in [0.15, 0.2) is 41.3 Å². The Hall–Kier alpha value is -1.59. The second-order valence-corrected chi connectivity index (χ2v) is 5.47. The minimum atomic E-state index is -3.44. The van der Waals surface area contributed by atoms with Crippen molar-refractivity contribution >= 4 is 26.5 Å². The van der Waals surface area contributed by atoms with E-state index in [2.05, 4.69) is 4.72 Å². The molecule has 0 bridgehead atoms. The summed E-state index contributed by atoms with van der Waals surface area (Å²) in [7, 11) is -3.44. The van der Waals surface area contributed by atoms with Gasteiger partial charge in [0.25, 0.3) is 0 Å². The minimum absolute atomic E-state index is 0.289. The first kappa shape index (κ1) is 11.9. The standard InChI is InChI=1S/C12H14N2O2S/c1-2-14-17(15,16)12-5-3-4-9-8-10(13)6-7-11(9)12/h3-8,14H,2,13H2,1H3. The summed E-state index contributed by atoms with van der Waals surface area (Å²) in [4.78, 5) is 0.289. The second-order valence-electron chi connectivity index (χ2n) is 3.74. The summed E-state index contributed by atoms with van der Waals surface area (Å²) < 4.78 is 26.5. The van der Waals surface area contributed by atoms with Crippen molar-refractivity contribution < 1.29 is 8.42 Å². The highest BCUT2D eigenvalue weighted by Gasteiger charge is 2.15. The summed E-state index contributed by atoms with van der Waals surface area (Å²) in [5, 5.41) is 1.51. The molecule has 90 valence electrons. The quantitative estimate of drug-likeness (QED) is 0.815. The molecule has 0 saturated heterocycles. The summed E-state index contributed by atoms with van der Waals surface area (Å²) in [5.41, 5.74) is 6.30. The molecule has 0 aliphatic rings. The fraction of sp³-hybridized carbons (Fsp3) is 0.167. The van der Waals surface area contributed by atoms with Gasteiger partial charge in [-0.1, -0.05) is 25.1 Å². The van der Waals surface area contributed by atoms with E-state index in [-0.39, 0.29) is 4.90 Å². The van der Waals surface area contributed by atoms with Crippen LogP contribution in [0.2, 0.25) is 0 Å². The van der Waals surface area contributed by atoms with Gasteiger partial charge in [0.2, 0.25) is 10.0 Å². The van der Waals surface area contributed by atoms with E-state index in [0.29, 0.717) is 17.6 Å². The van der Waals surface area contributed by atoms with E-state index in [0.717, 1.165) is 5.39 Å². The molecule has 0 unspecified atom stereocenters. The first-order chi connectivity index (χ1) is 8.04. The Morgan fingerprint density at radius 1 is 1.24 bits per heavy atom. The van der Waals surface area contributed by atoms with Crippen LogP contribution in [0.3, 0.4) is 0 Å². The van der Waals surface area contributed by atoms with Gasteiger partial charge < -0.3 is 5.73 Å². The van der Waals surface area contributed by atoms with Crippen LogP contribution in [-0.2, 0) is 10.0 Å². The monoisotopic (exact) mass is 250 g/mol. The fourth-order valence-corrected chi connectivity index (χ4v) is 3.04. The third-order valence-corrected chi connectivity index (χ3v) is 4.09. The van der Waals surface area contributed by atoms with Gasteiger partial charge in [0.15, 0.2) is 0 Å². The number of rotatable bonds is 3. The number of benzene rings is 2. The molecule has 0 fully saturated rings. The Bertz CT molecular complexity index is 651. The lowest BCUT2D eigenvalue weighted by Gasteiger charge is -2.08. The molecule has 0 amide bonds. The van der Waals surface area contributed by atoms with Crippen LogP contribution < -0.4 is 10.5 Å². The Balaban J connectivity index is 2.71. The van der Waals surface area contributed by atoms with Crippen LogP contribution in [0.25, 0.3) is 10.8 Å². The fourth-order valence-electron chi connectivity index (χ4n) is 1.77. The first-order valence-corrected chi connectivity index (χ1v) is 6.81. The van der Waals surface area contributed by atoms with Gasteiger partial charge in [-0.15, -0.1) is 0 Å². The molecule has 2 aromatic carbocycles. The number of hydrogen-bond donors (Lipinski definition) is 2. The van der Waals surface area contributed by atoms with Crippen molar-refractivity contribution in [2.24, 2.45) is 0 Å². The van der Waals surface area contributed by atoms with Crippen molar-refractivity contribution in [2.45, 2.75) is 11.8 Å². The van der Waals surface area contributed by atoms with Gasteiger partial charge in [-0.2, -0.15) is 0 Å². The molecule has 0 saturated carbocycles. The van der Waals surface area contributed by atoms with Crippen LogP contribution in [0.1, 0.15) is 6.92 Å². The zero-order chi connectivity index (χ0) is 12.5. The van der Waals surface area contributed by atoms with Crippen molar-refractivity contribution in [3.05, 3.63) is 36.4 Å². The van der Waals surface area contributed by atoms with Gasteiger partial charge in [0.05, 0.1) is 4.90 Å². The third kappa shape index (κ3) is 2.25. The molecule has 0 atom stereocenters. The number of fused-ring (bicyclic) bond motifs is 1. The predicted molar refractivity (Wildman–Crippen MR) is 69.2 cm³/mol. The third-order valence-electron chi connectivity index (χ3n) is 2.49. The number of anilines is 1. The normalized spacial score (nSPS) is 11.8. The zero-order valence-corrected chi connectivity index (χ0v) is 10.3. The maximum atomic E-state index is 12.0. The van der Waals surface area contributed by atoms with Gasteiger partial charge in [-0.25, -0.2) is 13.1 Å². The molecule has 0 aliphatic heterocycles. The minimum Gasteiger partial charge on any atom is -0.399 e.